The summed E-state index contributed by atoms with van der Waals surface area (Å²) >= 11 is 0. The predicted molar refractivity (Wildman–Crippen MR) is 72.3 cm³/mol. The lowest BCUT2D eigenvalue weighted by molar-refractivity contribution is 0.246. The van der Waals surface area contributed by atoms with Crippen LogP contribution in [0.3, 0.4) is 0 Å². The summed E-state index contributed by atoms with van der Waals surface area (Å²) < 4.78 is 0. The molecule has 0 radical (unpaired) electrons. The smallest absolute Gasteiger partial charge is 0.319 e. The van der Waals surface area contributed by atoms with Crippen molar-refractivity contribution >= 4 is 11.7 Å². The van der Waals surface area contributed by atoms with Crippen LogP contribution in [0.15, 0.2) is 24.3 Å². The molecular weight excluding hydrogens is 212 g/mol. The molecule has 1 rings (SSSR count). The fraction of sp³-hybridized carbons (Fsp3) is 0.500. The van der Waals surface area contributed by atoms with Crippen molar-refractivity contribution < 1.29 is 4.79 Å². The van der Waals surface area contributed by atoms with E-state index in [4.69, 9.17) is 0 Å². The minimum atomic E-state index is -0.143. The lowest BCUT2D eigenvalue weighted by Gasteiger charge is -2.17. The van der Waals surface area contributed by atoms with Crippen molar-refractivity contribution in [3.63, 3.8) is 0 Å². The molecule has 0 spiro atoms. The van der Waals surface area contributed by atoms with E-state index >= 15 is 0 Å². The van der Waals surface area contributed by atoms with Crippen molar-refractivity contribution in [2.24, 2.45) is 5.92 Å². The number of anilines is 1. The number of amides is 2. The third-order valence-corrected chi connectivity index (χ3v) is 2.98. The van der Waals surface area contributed by atoms with Crippen LogP contribution >= 0.6 is 0 Å². The average Bonchev–Trinajstić information content (AvgIpc) is 2.29. The van der Waals surface area contributed by atoms with Gasteiger partial charge in [-0.2, -0.15) is 0 Å². The quantitative estimate of drug-likeness (QED) is 0.823. The number of benzene rings is 1. The third kappa shape index (κ3) is 4.47. The topological polar surface area (TPSA) is 41.1 Å². The standard InChI is InChI=1S/C14H22N2O/c1-5-12-6-8-13(9-7-12)16-14(17)15-11(4)10(2)3/h6-11H,5H2,1-4H3,(H2,15,16,17)/t11-/m0/s1. The van der Waals surface area contributed by atoms with Crippen LogP contribution in [0.2, 0.25) is 0 Å². The Morgan fingerprint density at radius 1 is 1.18 bits per heavy atom. The lowest BCUT2D eigenvalue weighted by Crippen LogP contribution is -2.38. The first kappa shape index (κ1) is 13.6. The number of carbonyl (C=O) groups is 1. The highest BCUT2D eigenvalue weighted by atomic mass is 16.2. The summed E-state index contributed by atoms with van der Waals surface area (Å²) in [5, 5.41) is 5.74. The van der Waals surface area contributed by atoms with Crippen molar-refractivity contribution in [3.05, 3.63) is 29.8 Å². The van der Waals surface area contributed by atoms with Crippen molar-refractivity contribution in [3.8, 4) is 0 Å². The molecule has 0 bridgehead atoms. The van der Waals surface area contributed by atoms with Gasteiger partial charge in [-0.25, -0.2) is 4.79 Å². The van der Waals surface area contributed by atoms with E-state index in [0.29, 0.717) is 5.92 Å². The maximum absolute atomic E-state index is 11.7. The zero-order valence-corrected chi connectivity index (χ0v) is 11.1. The average molecular weight is 234 g/mol. The SMILES string of the molecule is CCc1ccc(NC(=O)N[C@@H](C)C(C)C)cc1. The van der Waals surface area contributed by atoms with Crippen LogP contribution in [0.5, 0.6) is 0 Å². The van der Waals surface area contributed by atoms with Gasteiger partial charge in [-0.15, -0.1) is 0 Å². The molecule has 2 amide bonds. The number of hydrogen-bond acceptors (Lipinski definition) is 1. The van der Waals surface area contributed by atoms with Crippen LogP contribution < -0.4 is 10.6 Å². The number of rotatable bonds is 4. The fourth-order valence-corrected chi connectivity index (χ4v) is 1.36. The molecule has 0 aromatic heterocycles. The van der Waals surface area contributed by atoms with E-state index in [-0.39, 0.29) is 12.1 Å². The van der Waals surface area contributed by atoms with Crippen molar-refractivity contribution in [2.45, 2.75) is 40.2 Å². The van der Waals surface area contributed by atoms with Crippen LogP contribution in [0.1, 0.15) is 33.3 Å². The zero-order chi connectivity index (χ0) is 12.8. The molecule has 0 aliphatic rings. The highest BCUT2D eigenvalue weighted by Gasteiger charge is 2.10. The minimum Gasteiger partial charge on any atom is -0.335 e. The molecule has 0 saturated heterocycles. The van der Waals surface area contributed by atoms with Crippen molar-refractivity contribution in [1.29, 1.82) is 0 Å². The first-order valence-corrected chi connectivity index (χ1v) is 6.19. The van der Waals surface area contributed by atoms with Crippen LogP contribution in [0.25, 0.3) is 0 Å². The Balaban J connectivity index is 2.50. The molecule has 17 heavy (non-hydrogen) atoms. The second kappa shape index (κ2) is 6.28. The maximum Gasteiger partial charge on any atom is 0.319 e. The van der Waals surface area contributed by atoms with Gasteiger partial charge in [0.15, 0.2) is 0 Å². The van der Waals surface area contributed by atoms with Crippen LogP contribution in [-0.2, 0) is 6.42 Å². The van der Waals surface area contributed by atoms with Gasteiger partial charge in [-0.3, -0.25) is 0 Å². The summed E-state index contributed by atoms with van der Waals surface area (Å²) in [6, 6.07) is 7.94. The Morgan fingerprint density at radius 2 is 1.76 bits per heavy atom. The molecule has 1 aromatic carbocycles. The van der Waals surface area contributed by atoms with Crippen molar-refractivity contribution in [2.75, 3.05) is 5.32 Å². The van der Waals surface area contributed by atoms with E-state index in [1.165, 1.54) is 5.56 Å². The third-order valence-electron chi connectivity index (χ3n) is 2.98. The van der Waals surface area contributed by atoms with Gasteiger partial charge in [0.2, 0.25) is 0 Å². The summed E-state index contributed by atoms with van der Waals surface area (Å²) in [4.78, 5) is 11.7. The molecule has 3 heteroatoms. The zero-order valence-electron chi connectivity index (χ0n) is 11.1. The van der Waals surface area contributed by atoms with Gasteiger partial charge in [0, 0.05) is 11.7 Å². The molecule has 0 heterocycles. The van der Waals surface area contributed by atoms with Gasteiger partial charge < -0.3 is 10.6 Å². The van der Waals surface area contributed by atoms with E-state index in [1.54, 1.807) is 0 Å². The summed E-state index contributed by atoms with van der Waals surface area (Å²) in [5.41, 5.74) is 2.10. The first-order chi connectivity index (χ1) is 8.02. The first-order valence-electron chi connectivity index (χ1n) is 6.19. The number of urea groups is 1. The Morgan fingerprint density at radius 3 is 2.24 bits per heavy atom. The normalized spacial score (nSPS) is 12.3. The molecule has 0 unspecified atom stereocenters. The van der Waals surface area contributed by atoms with Crippen LogP contribution in [0.4, 0.5) is 10.5 Å². The monoisotopic (exact) mass is 234 g/mol. The van der Waals surface area contributed by atoms with Gasteiger partial charge >= 0.3 is 6.03 Å². The molecule has 0 saturated carbocycles. The Labute approximate surface area is 104 Å². The van der Waals surface area contributed by atoms with Gasteiger partial charge in [-0.05, 0) is 37.0 Å². The van der Waals surface area contributed by atoms with E-state index in [1.807, 2.05) is 31.2 Å². The van der Waals surface area contributed by atoms with Gasteiger partial charge in [0.1, 0.15) is 0 Å². The number of nitrogens with one attached hydrogen (secondary N) is 2. The van der Waals surface area contributed by atoms with Crippen molar-refractivity contribution in [1.82, 2.24) is 5.32 Å². The Bertz CT molecular complexity index is 357. The molecule has 1 aromatic rings. The molecule has 0 aliphatic carbocycles. The summed E-state index contributed by atoms with van der Waals surface area (Å²) in [6.07, 6.45) is 1.01. The summed E-state index contributed by atoms with van der Waals surface area (Å²) in [5.74, 6) is 0.434. The highest BCUT2D eigenvalue weighted by Crippen LogP contribution is 2.10. The van der Waals surface area contributed by atoms with E-state index in [0.717, 1.165) is 12.1 Å². The molecule has 0 aliphatic heterocycles. The predicted octanol–water partition coefficient (Wildman–Crippen LogP) is 3.42. The van der Waals surface area contributed by atoms with E-state index in [9.17, 15) is 4.79 Å². The molecule has 2 N–H and O–H groups in total. The van der Waals surface area contributed by atoms with Gasteiger partial charge in [0.25, 0.3) is 0 Å². The van der Waals surface area contributed by atoms with Gasteiger partial charge in [-0.1, -0.05) is 32.9 Å². The molecule has 94 valence electrons. The minimum absolute atomic E-state index is 0.143. The second-order valence-electron chi connectivity index (χ2n) is 4.68. The number of hydrogen-bond donors (Lipinski definition) is 2. The van der Waals surface area contributed by atoms with E-state index < -0.39 is 0 Å². The summed E-state index contributed by atoms with van der Waals surface area (Å²) in [7, 11) is 0. The molecular formula is C14H22N2O. The lowest BCUT2D eigenvalue weighted by atomic mass is 10.1. The maximum atomic E-state index is 11.7. The largest absolute Gasteiger partial charge is 0.335 e. The highest BCUT2D eigenvalue weighted by molar-refractivity contribution is 5.89. The number of aryl methyl sites for hydroxylation is 1. The van der Waals surface area contributed by atoms with E-state index in [2.05, 4.69) is 31.4 Å². The molecule has 1 atom stereocenters. The Kier molecular flexibility index (Phi) is 5.01. The van der Waals surface area contributed by atoms with Gasteiger partial charge in [0.05, 0.1) is 0 Å². The number of carbonyl (C=O) groups excluding carboxylic acids is 1. The molecule has 3 nitrogen and oxygen atoms in total. The summed E-state index contributed by atoms with van der Waals surface area (Å²) in [6.45, 7) is 8.28. The van der Waals surface area contributed by atoms with Crippen LogP contribution in [-0.4, -0.2) is 12.1 Å². The Hall–Kier alpha value is -1.51. The molecule has 0 fully saturated rings. The van der Waals surface area contributed by atoms with Crippen LogP contribution in [0, 0.1) is 5.92 Å². The second-order valence-corrected chi connectivity index (χ2v) is 4.68. The fourth-order valence-electron chi connectivity index (χ4n) is 1.36.